The lowest BCUT2D eigenvalue weighted by Gasteiger charge is -2.03. The number of ether oxygens (including phenoxy) is 1. The van der Waals surface area contributed by atoms with Gasteiger partial charge in [-0.3, -0.25) is 14.9 Å². The number of anilines is 1. The van der Waals surface area contributed by atoms with E-state index in [9.17, 15) is 9.59 Å². The van der Waals surface area contributed by atoms with Crippen molar-refractivity contribution in [2.75, 3.05) is 12.4 Å². The minimum atomic E-state index is -0.329. The average Bonchev–Trinajstić information content (AvgIpc) is 3.11. The average molecular weight is 378 g/mol. The molecule has 1 amide bonds. The fourth-order valence-corrected chi connectivity index (χ4v) is 3.41. The van der Waals surface area contributed by atoms with Gasteiger partial charge in [-0.25, -0.2) is 4.98 Å². The summed E-state index contributed by atoms with van der Waals surface area (Å²) >= 11 is 1.17. The van der Waals surface area contributed by atoms with E-state index in [1.165, 1.54) is 24.3 Å². The van der Waals surface area contributed by atoms with Crippen molar-refractivity contribution in [3.05, 3.63) is 71.1 Å². The monoisotopic (exact) mass is 378 g/mol. The van der Waals surface area contributed by atoms with Crippen LogP contribution in [-0.4, -0.2) is 23.8 Å². The maximum Gasteiger partial charge on any atom is 0.250 e. The van der Waals surface area contributed by atoms with Crippen molar-refractivity contribution in [1.82, 2.24) is 4.98 Å². The third-order valence-electron chi connectivity index (χ3n) is 3.78. The quantitative estimate of drug-likeness (QED) is 0.500. The van der Waals surface area contributed by atoms with Crippen molar-refractivity contribution in [3.8, 4) is 17.0 Å². The number of hydrogen-bond acceptors (Lipinski definition) is 5. The van der Waals surface area contributed by atoms with Crippen LogP contribution in [0.2, 0.25) is 0 Å². The normalized spacial score (nSPS) is 10.7. The van der Waals surface area contributed by atoms with Crippen LogP contribution in [0.4, 0.5) is 5.13 Å². The van der Waals surface area contributed by atoms with E-state index in [1.54, 1.807) is 13.2 Å². The third-order valence-corrected chi connectivity index (χ3v) is 4.85. The number of ketones is 1. The molecule has 1 N–H and O–H groups in total. The summed E-state index contributed by atoms with van der Waals surface area (Å²) in [5.74, 6) is 0.266. The van der Waals surface area contributed by atoms with Crippen LogP contribution in [0.25, 0.3) is 17.3 Å². The van der Waals surface area contributed by atoms with Crippen LogP contribution < -0.4 is 10.1 Å². The molecule has 3 rings (SSSR count). The fourth-order valence-electron chi connectivity index (χ4n) is 2.52. The summed E-state index contributed by atoms with van der Waals surface area (Å²) in [5, 5.41) is 3.11. The van der Waals surface area contributed by atoms with E-state index in [-0.39, 0.29) is 11.7 Å². The number of thiazole rings is 1. The molecule has 0 radical (unpaired) electrons. The van der Waals surface area contributed by atoms with Crippen molar-refractivity contribution in [2.24, 2.45) is 0 Å². The molecule has 136 valence electrons. The molecule has 0 aliphatic rings. The number of para-hydroxylation sites is 1. The Kier molecular flexibility index (Phi) is 5.78. The van der Waals surface area contributed by atoms with Gasteiger partial charge in [-0.15, -0.1) is 0 Å². The number of hydrogen-bond donors (Lipinski definition) is 1. The molecule has 0 unspecified atom stereocenters. The fraction of sp³-hybridized carbons (Fsp3) is 0.0952. The molecule has 0 fully saturated rings. The summed E-state index contributed by atoms with van der Waals surface area (Å²) in [7, 11) is 1.58. The number of carbonyl (C=O) groups is 2. The Labute approximate surface area is 161 Å². The van der Waals surface area contributed by atoms with Crippen molar-refractivity contribution in [2.45, 2.75) is 6.92 Å². The molecule has 1 heterocycles. The van der Waals surface area contributed by atoms with E-state index in [0.29, 0.717) is 21.5 Å². The highest BCUT2D eigenvalue weighted by atomic mass is 32.1. The second-order valence-corrected chi connectivity index (χ2v) is 6.68. The molecule has 0 bridgehead atoms. The van der Waals surface area contributed by atoms with Crippen LogP contribution in [-0.2, 0) is 4.79 Å². The Bertz CT molecular complexity index is 994. The second-order valence-electron chi connectivity index (χ2n) is 5.68. The van der Waals surface area contributed by atoms with Crippen molar-refractivity contribution in [1.29, 1.82) is 0 Å². The zero-order valence-electron chi connectivity index (χ0n) is 14.9. The standard InChI is InChI=1S/C21H18N2O3S/c1-14(24)20-19(16-9-4-3-5-10-16)23-21(27-20)22-18(25)13-12-15-8-6-7-11-17(15)26-2/h3-13H,1-2H3,(H,22,23,25)/b13-12+. The maximum atomic E-state index is 12.3. The van der Waals surface area contributed by atoms with E-state index in [0.717, 1.165) is 11.1 Å². The largest absolute Gasteiger partial charge is 0.496 e. The number of nitrogens with one attached hydrogen (secondary N) is 1. The van der Waals surface area contributed by atoms with E-state index in [1.807, 2.05) is 54.6 Å². The minimum absolute atomic E-state index is 0.0867. The zero-order valence-corrected chi connectivity index (χ0v) is 15.7. The molecule has 0 aliphatic heterocycles. The van der Waals surface area contributed by atoms with Crippen molar-refractivity contribution in [3.63, 3.8) is 0 Å². The predicted molar refractivity (Wildman–Crippen MR) is 108 cm³/mol. The SMILES string of the molecule is COc1ccccc1/C=C/C(=O)Nc1nc(-c2ccccc2)c(C(C)=O)s1. The summed E-state index contributed by atoms with van der Waals surface area (Å²) in [6, 6.07) is 16.8. The van der Waals surface area contributed by atoms with Gasteiger partial charge in [0.1, 0.15) is 5.75 Å². The first-order valence-corrected chi connectivity index (χ1v) is 9.09. The molecule has 5 nitrogen and oxygen atoms in total. The lowest BCUT2D eigenvalue weighted by atomic mass is 10.1. The lowest BCUT2D eigenvalue weighted by molar-refractivity contribution is -0.111. The molecule has 3 aromatic rings. The van der Waals surface area contributed by atoms with Crippen LogP contribution in [0.5, 0.6) is 5.75 Å². The van der Waals surface area contributed by atoms with Gasteiger partial charge in [-0.05, 0) is 12.1 Å². The number of nitrogens with zero attached hydrogens (tertiary/aromatic N) is 1. The van der Waals surface area contributed by atoms with Crippen molar-refractivity contribution >= 4 is 34.2 Å². The van der Waals surface area contributed by atoms with Crippen LogP contribution >= 0.6 is 11.3 Å². The van der Waals surface area contributed by atoms with Gasteiger partial charge in [-0.2, -0.15) is 0 Å². The van der Waals surface area contributed by atoms with Gasteiger partial charge < -0.3 is 4.74 Å². The highest BCUT2D eigenvalue weighted by Crippen LogP contribution is 2.31. The number of Topliss-reactive ketones (excluding diaryl/α,β-unsaturated/α-hetero) is 1. The number of aromatic nitrogens is 1. The second kappa shape index (κ2) is 8.42. The van der Waals surface area contributed by atoms with E-state index >= 15 is 0 Å². The first kappa shape index (κ1) is 18.5. The minimum Gasteiger partial charge on any atom is -0.496 e. The van der Waals surface area contributed by atoms with Gasteiger partial charge in [-0.1, -0.05) is 59.9 Å². The summed E-state index contributed by atoms with van der Waals surface area (Å²) < 4.78 is 5.26. The zero-order chi connectivity index (χ0) is 19.2. The van der Waals surface area contributed by atoms with Crippen LogP contribution in [0, 0.1) is 0 Å². The predicted octanol–water partition coefficient (Wildman–Crippen LogP) is 4.67. The number of methoxy groups -OCH3 is 1. The number of carbonyl (C=O) groups excluding carboxylic acids is 2. The highest BCUT2D eigenvalue weighted by molar-refractivity contribution is 7.18. The first-order chi connectivity index (χ1) is 13.1. The third kappa shape index (κ3) is 4.48. The molecule has 0 saturated heterocycles. The molecular weight excluding hydrogens is 360 g/mol. The van der Waals surface area contributed by atoms with Gasteiger partial charge in [0.05, 0.1) is 17.7 Å². The molecule has 1 aromatic heterocycles. The summed E-state index contributed by atoms with van der Waals surface area (Å²) in [6.07, 6.45) is 3.08. The molecule has 6 heteroatoms. The van der Waals surface area contributed by atoms with Gasteiger partial charge in [0.15, 0.2) is 10.9 Å². The lowest BCUT2D eigenvalue weighted by Crippen LogP contribution is -2.07. The van der Waals surface area contributed by atoms with E-state index in [2.05, 4.69) is 10.3 Å². The Morgan fingerprint density at radius 2 is 1.78 bits per heavy atom. The van der Waals surface area contributed by atoms with E-state index < -0.39 is 0 Å². The van der Waals surface area contributed by atoms with Gasteiger partial charge in [0, 0.05) is 24.1 Å². The number of amides is 1. The summed E-state index contributed by atoms with van der Waals surface area (Å²) in [5.41, 5.74) is 2.21. The molecular formula is C21H18N2O3S. The van der Waals surface area contributed by atoms with Crippen LogP contribution in [0.15, 0.2) is 60.7 Å². The first-order valence-electron chi connectivity index (χ1n) is 8.27. The topological polar surface area (TPSA) is 68.3 Å². The van der Waals surface area contributed by atoms with Gasteiger partial charge >= 0.3 is 0 Å². The molecule has 0 saturated carbocycles. The molecule has 0 aliphatic carbocycles. The maximum absolute atomic E-state index is 12.3. The van der Waals surface area contributed by atoms with Crippen molar-refractivity contribution < 1.29 is 14.3 Å². The number of rotatable bonds is 6. The Morgan fingerprint density at radius 3 is 2.48 bits per heavy atom. The van der Waals surface area contributed by atoms with Gasteiger partial charge in [0.2, 0.25) is 5.91 Å². The molecule has 0 spiro atoms. The van der Waals surface area contributed by atoms with Crippen LogP contribution in [0.3, 0.4) is 0 Å². The Hall–Kier alpha value is -3.25. The molecule has 27 heavy (non-hydrogen) atoms. The Morgan fingerprint density at radius 1 is 1.07 bits per heavy atom. The van der Waals surface area contributed by atoms with Gasteiger partial charge in [0.25, 0.3) is 0 Å². The van der Waals surface area contributed by atoms with E-state index in [4.69, 9.17) is 4.74 Å². The molecule has 0 atom stereocenters. The summed E-state index contributed by atoms with van der Waals surface area (Å²) in [6.45, 7) is 1.49. The number of benzene rings is 2. The highest BCUT2D eigenvalue weighted by Gasteiger charge is 2.17. The Balaban J connectivity index is 1.80. The smallest absolute Gasteiger partial charge is 0.250 e. The van der Waals surface area contributed by atoms with Crippen LogP contribution in [0.1, 0.15) is 22.2 Å². The molecule has 2 aromatic carbocycles. The summed E-state index contributed by atoms with van der Waals surface area (Å²) in [4.78, 5) is 29.2.